The zero-order chi connectivity index (χ0) is 26.3. The molecular weight excluding hydrogens is 497 g/mol. The molecule has 0 aliphatic carbocycles. The van der Waals surface area contributed by atoms with Crippen LogP contribution in [0.3, 0.4) is 0 Å². The molecule has 38 heavy (non-hydrogen) atoms. The second-order valence-electron chi connectivity index (χ2n) is 8.55. The molecule has 0 amide bonds. The highest BCUT2D eigenvalue weighted by Crippen LogP contribution is 2.31. The number of alkyl halides is 3. The van der Waals surface area contributed by atoms with Gasteiger partial charge in [0.2, 0.25) is 0 Å². The summed E-state index contributed by atoms with van der Waals surface area (Å²) < 4.78 is 39.7. The van der Waals surface area contributed by atoms with E-state index in [1.54, 1.807) is 36.7 Å². The Hall–Kier alpha value is -5.13. The van der Waals surface area contributed by atoms with Crippen molar-refractivity contribution in [3.05, 3.63) is 90.1 Å². The molecule has 4 heterocycles. The standard InChI is InChI=1S/C26H17F3N8O/c27-26(28,29)24-15(5-8-31-37-24)12-22(38)21-10-14-1-2-16(11-20(14)34-21)25-30-7-6-23(35-25)33-18-3-4-19-17(9-18)13-32-36-19/h1-11,13,34H,12H2,(H,32,36)(H,30,33,35). The topological polar surface area (TPSA) is 125 Å². The lowest BCUT2D eigenvalue weighted by atomic mass is 10.1. The van der Waals surface area contributed by atoms with Gasteiger partial charge in [-0.25, -0.2) is 9.97 Å². The van der Waals surface area contributed by atoms with E-state index in [4.69, 9.17) is 0 Å². The van der Waals surface area contributed by atoms with Gasteiger partial charge in [-0.05, 0) is 48.0 Å². The van der Waals surface area contributed by atoms with Gasteiger partial charge in [0.05, 0.1) is 17.4 Å². The molecule has 2 aromatic carbocycles. The predicted octanol–water partition coefficient (Wildman–Crippen LogP) is 5.48. The largest absolute Gasteiger partial charge is 0.435 e. The monoisotopic (exact) mass is 514 g/mol. The number of nitrogens with zero attached hydrogens (tertiary/aromatic N) is 5. The highest BCUT2D eigenvalue weighted by molar-refractivity contribution is 6.01. The number of nitrogens with one attached hydrogen (secondary N) is 3. The third-order valence-corrected chi connectivity index (χ3v) is 5.97. The van der Waals surface area contributed by atoms with Crippen LogP contribution in [0.15, 0.2) is 73.2 Å². The van der Waals surface area contributed by atoms with Crippen molar-refractivity contribution < 1.29 is 18.0 Å². The van der Waals surface area contributed by atoms with Crippen LogP contribution in [0.1, 0.15) is 21.7 Å². The molecule has 4 aromatic heterocycles. The van der Waals surface area contributed by atoms with Crippen molar-refractivity contribution in [3.63, 3.8) is 0 Å². The normalized spacial score (nSPS) is 11.8. The number of hydrogen-bond acceptors (Lipinski definition) is 7. The van der Waals surface area contributed by atoms with E-state index in [1.807, 2.05) is 24.3 Å². The van der Waals surface area contributed by atoms with Crippen LogP contribution in [0.2, 0.25) is 0 Å². The lowest BCUT2D eigenvalue weighted by Gasteiger charge is -2.09. The van der Waals surface area contributed by atoms with Gasteiger partial charge in [-0.3, -0.25) is 9.89 Å². The molecule has 0 aliphatic heterocycles. The van der Waals surface area contributed by atoms with E-state index in [0.29, 0.717) is 22.7 Å². The Balaban J connectivity index is 1.24. The maximum atomic E-state index is 13.2. The summed E-state index contributed by atoms with van der Waals surface area (Å²) in [4.78, 5) is 24.8. The van der Waals surface area contributed by atoms with Crippen LogP contribution in [0, 0.1) is 0 Å². The number of rotatable bonds is 6. The van der Waals surface area contributed by atoms with Crippen LogP contribution in [0.5, 0.6) is 0 Å². The molecule has 0 atom stereocenters. The van der Waals surface area contributed by atoms with E-state index < -0.39 is 24.1 Å². The van der Waals surface area contributed by atoms with E-state index in [1.165, 1.54) is 0 Å². The smallest absolute Gasteiger partial charge is 0.352 e. The molecule has 6 aromatic rings. The minimum Gasteiger partial charge on any atom is -0.352 e. The van der Waals surface area contributed by atoms with Gasteiger partial charge in [0.1, 0.15) is 5.82 Å². The lowest BCUT2D eigenvalue weighted by molar-refractivity contribution is -0.142. The van der Waals surface area contributed by atoms with Crippen molar-refractivity contribution in [2.75, 3.05) is 5.32 Å². The molecule has 0 saturated carbocycles. The van der Waals surface area contributed by atoms with E-state index in [-0.39, 0.29) is 11.3 Å². The fraction of sp³-hybridized carbons (Fsp3) is 0.0769. The summed E-state index contributed by atoms with van der Waals surface area (Å²) in [6.07, 6.45) is -0.663. The molecule has 0 aliphatic rings. The van der Waals surface area contributed by atoms with Crippen molar-refractivity contribution in [3.8, 4) is 11.4 Å². The number of hydrogen-bond donors (Lipinski definition) is 3. The molecule has 3 N–H and O–H groups in total. The zero-order valence-electron chi connectivity index (χ0n) is 19.4. The van der Waals surface area contributed by atoms with Gasteiger partial charge >= 0.3 is 6.18 Å². The lowest BCUT2D eigenvalue weighted by Crippen LogP contribution is -2.15. The van der Waals surface area contributed by atoms with Crippen LogP contribution in [0.25, 0.3) is 33.2 Å². The SMILES string of the molecule is O=C(Cc1ccnnc1C(F)(F)F)c1cc2ccc(-c3nccc(Nc4ccc5[nH]ncc5c4)n3)cc2[nH]1. The molecule has 188 valence electrons. The number of anilines is 2. The van der Waals surface area contributed by atoms with Gasteiger partial charge in [0.15, 0.2) is 17.3 Å². The number of aromatic amines is 2. The first-order valence-electron chi connectivity index (χ1n) is 11.4. The summed E-state index contributed by atoms with van der Waals surface area (Å²) >= 11 is 0. The number of H-pyrrole nitrogens is 2. The zero-order valence-corrected chi connectivity index (χ0v) is 19.4. The van der Waals surface area contributed by atoms with Crippen molar-refractivity contribution in [1.82, 2.24) is 35.3 Å². The fourth-order valence-corrected chi connectivity index (χ4v) is 4.16. The summed E-state index contributed by atoms with van der Waals surface area (Å²) in [7, 11) is 0. The Morgan fingerprint density at radius 2 is 1.84 bits per heavy atom. The second kappa shape index (κ2) is 9.07. The molecule has 9 nitrogen and oxygen atoms in total. The van der Waals surface area contributed by atoms with Crippen LogP contribution >= 0.6 is 0 Å². The highest BCUT2D eigenvalue weighted by atomic mass is 19.4. The Bertz CT molecular complexity index is 1810. The van der Waals surface area contributed by atoms with E-state index >= 15 is 0 Å². The van der Waals surface area contributed by atoms with Crippen LogP contribution in [-0.2, 0) is 12.6 Å². The summed E-state index contributed by atoms with van der Waals surface area (Å²) in [5, 5.41) is 18.3. The first-order valence-corrected chi connectivity index (χ1v) is 11.4. The Morgan fingerprint density at radius 1 is 0.947 bits per heavy atom. The Morgan fingerprint density at radius 3 is 2.71 bits per heavy atom. The molecule has 0 spiro atoms. The quantitative estimate of drug-likeness (QED) is 0.251. The average molecular weight is 514 g/mol. The second-order valence-corrected chi connectivity index (χ2v) is 8.55. The number of benzene rings is 2. The predicted molar refractivity (Wildman–Crippen MR) is 134 cm³/mol. The van der Waals surface area contributed by atoms with Crippen molar-refractivity contribution in [2.45, 2.75) is 12.6 Å². The Labute approximate surface area is 212 Å². The number of ketones is 1. The molecule has 0 unspecified atom stereocenters. The third kappa shape index (κ3) is 4.54. The molecule has 0 bridgehead atoms. The summed E-state index contributed by atoms with van der Waals surface area (Å²) in [5.74, 6) is 0.548. The minimum absolute atomic E-state index is 0.188. The summed E-state index contributed by atoms with van der Waals surface area (Å²) in [5.41, 5.74) is 1.88. The molecule has 6 rings (SSSR count). The van der Waals surface area contributed by atoms with Gasteiger partial charge in [-0.15, -0.1) is 5.10 Å². The number of aromatic nitrogens is 7. The number of halogens is 3. The first kappa shape index (κ1) is 23.3. The van der Waals surface area contributed by atoms with Crippen molar-refractivity contribution in [2.24, 2.45) is 0 Å². The first-order chi connectivity index (χ1) is 18.3. The van der Waals surface area contributed by atoms with E-state index in [0.717, 1.165) is 34.2 Å². The van der Waals surface area contributed by atoms with Crippen LogP contribution in [-0.4, -0.2) is 41.1 Å². The fourth-order valence-electron chi connectivity index (χ4n) is 4.16. The van der Waals surface area contributed by atoms with Crippen LogP contribution < -0.4 is 5.32 Å². The minimum atomic E-state index is -4.70. The molecule has 0 fully saturated rings. The molecule has 0 radical (unpaired) electrons. The number of carbonyl (C=O) groups excluding carboxylic acids is 1. The third-order valence-electron chi connectivity index (χ3n) is 5.97. The van der Waals surface area contributed by atoms with Gasteiger partial charge in [-0.2, -0.15) is 23.4 Å². The van der Waals surface area contributed by atoms with Crippen LogP contribution in [0.4, 0.5) is 24.7 Å². The van der Waals surface area contributed by atoms with Gasteiger partial charge in [0, 0.05) is 46.4 Å². The molecule has 0 saturated heterocycles. The highest BCUT2D eigenvalue weighted by Gasteiger charge is 2.36. The van der Waals surface area contributed by atoms with E-state index in [2.05, 4.69) is 40.7 Å². The maximum absolute atomic E-state index is 13.2. The van der Waals surface area contributed by atoms with Crippen molar-refractivity contribution >= 4 is 39.1 Å². The van der Waals surface area contributed by atoms with Crippen molar-refractivity contribution in [1.29, 1.82) is 0 Å². The number of Topliss-reactive ketones (excluding diaryl/α,β-unsaturated/α-hetero) is 1. The summed E-state index contributed by atoms with van der Waals surface area (Å²) in [6.45, 7) is 0. The maximum Gasteiger partial charge on any atom is 0.435 e. The average Bonchev–Trinajstić information content (AvgIpc) is 3.55. The van der Waals surface area contributed by atoms with E-state index in [9.17, 15) is 18.0 Å². The molecule has 12 heteroatoms. The molecular formula is C26H17F3N8O. The van der Waals surface area contributed by atoms with Gasteiger partial charge in [-0.1, -0.05) is 12.1 Å². The summed E-state index contributed by atoms with van der Waals surface area (Å²) in [6, 6.07) is 15.7. The number of fused-ring (bicyclic) bond motifs is 2. The van der Waals surface area contributed by atoms with Gasteiger partial charge in [0.25, 0.3) is 0 Å². The number of carbonyl (C=O) groups is 1. The van der Waals surface area contributed by atoms with Gasteiger partial charge < -0.3 is 10.3 Å². The Kier molecular flexibility index (Phi) is 5.56.